The normalized spacial score (nSPS) is 15.2. The molecule has 1 heterocycles. The summed E-state index contributed by atoms with van der Waals surface area (Å²) in [6.45, 7) is 3.80. The van der Waals surface area contributed by atoms with E-state index in [4.69, 9.17) is 12.2 Å². The van der Waals surface area contributed by atoms with Crippen molar-refractivity contribution in [1.82, 2.24) is 10.6 Å². The molecule has 0 aliphatic carbocycles. The highest BCUT2D eigenvalue weighted by Crippen LogP contribution is 2.28. The van der Waals surface area contributed by atoms with Crippen molar-refractivity contribution < 1.29 is 14.5 Å². The molecule has 8 nitrogen and oxygen atoms in total. The van der Waals surface area contributed by atoms with Gasteiger partial charge in [0.2, 0.25) is 0 Å². The number of non-ortho nitro benzene ring substituents is 1. The lowest BCUT2D eigenvalue weighted by atomic mass is 9.94. The minimum atomic E-state index is -0.486. The average Bonchev–Trinajstić information content (AvgIpc) is 2.87. The first kappa shape index (κ1) is 25.5. The molecule has 0 spiro atoms. The molecule has 1 aliphatic heterocycles. The van der Waals surface area contributed by atoms with Crippen LogP contribution in [0.5, 0.6) is 0 Å². The van der Waals surface area contributed by atoms with E-state index < -0.39 is 11.0 Å². The Morgan fingerprint density at radius 1 is 1.03 bits per heavy atom. The van der Waals surface area contributed by atoms with Gasteiger partial charge in [0.25, 0.3) is 11.6 Å². The molecule has 0 radical (unpaired) electrons. The van der Waals surface area contributed by atoms with Crippen molar-refractivity contribution in [1.29, 1.82) is 0 Å². The number of carbonyl (C=O) groups is 2. The molecule has 3 aromatic rings. The van der Waals surface area contributed by atoms with E-state index in [0.717, 1.165) is 11.1 Å². The molecule has 0 fully saturated rings. The number of carbonyl (C=O) groups excluding carboxylic acids is 2. The number of hydrogen-bond acceptors (Lipinski definition) is 5. The number of nitro benzene ring substituents is 1. The van der Waals surface area contributed by atoms with Gasteiger partial charge in [-0.2, -0.15) is 0 Å². The van der Waals surface area contributed by atoms with Crippen molar-refractivity contribution in [2.75, 3.05) is 5.32 Å². The maximum atomic E-state index is 13.3. The molecule has 1 unspecified atom stereocenters. The first-order chi connectivity index (χ1) is 17.7. The SMILES string of the molecule is CC1=C(C(=O)Nc2ccc(C(=O)/C=C/c3cccc([N+](=O)[O-])c3)cc2)C(c2ccc(C)cc2)NC(=S)N1. The van der Waals surface area contributed by atoms with E-state index in [9.17, 15) is 19.7 Å². The maximum Gasteiger partial charge on any atom is 0.270 e. The molecule has 0 saturated carbocycles. The van der Waals surface area contributed by atoms with Crippen LogP contribution in [0.4, 0.5) is 11.4 Å². The van der Waals surface area contributed by atoms with Crippen LogP contribution < -0.4 is 16.0 Å². The minimum Gasteiger partial charge on any atom is -0.351 e. The van der Waals surface area contributed by atoms with Crippen molar-refractivity contribution in [3.63, 3.8) is 0 Å². The number of hydrogen-bond donors (Lipinski definition) is 3. The fraction of sp³-hybridized carbons (Fsp3) is 0.107. The molecule has 186 valence electrons. The van der Waals surface area contributed by atoms with Crippen LogP contribution in [-0.2, 0) is 4.79 Å². The zero-order chi connectivity index (χ0) is 26.5. The Bertz CT molecular complexity index is 1440. The fourth-order valence-electron chi connectivity index (χ4n) is 3.93. The third kappa shape index (κ3) is 6.14. The van der Waals surface area contributed by atoms with Crippen LogP contribution in [0.2, 0.25) is 0 Å². The molecule has 37 heavy (non-hydrogen) atoms. The zero-order valence-corrected chi connectivity index (χ0v) is 21.0. The summed E-state index contributed by atoms with van der Waals surface area (Å²) in [4.78, 5) is 36.3. The molecule has 9 heteroatoms. The van der Waals surface area contributed by atoms with Gasteiger partial charge >= 0.3 is 0 Å². The van der Waals surface area contributed by atoms with Crippen LogP contribution in [0, 0.1) is 17.0 Å². The van der Waals surface area contributed by atoms with Crippen LogP contribution >= 0.6 is 12.2 Å². The molecule has 1 atom stereocenters. The average molecular weight is 513 g/mol. The van der Waals surface area contributed by atoms with E-state index in [1.807, 2.05) is 31.2 Å². The Labute approximate surface area is 219 Å². The number of nitrogens with zero attached hydrogens (tertiary/aromatic N) is 1. The number of anilines is 1. The van der Waals surface area contributed by atoms with E-state index in [1.165, 1.54) is 24.3 Å². The highest BCUT2D eigenvalue weighted by Gasteiger charge is 2.29. The monoisotopic (exact) mass is 512 g/mol. The summed E-state index contributed by atoms with van der Waals surface area (Å²) in [6.07, 6.45) is 2.88. The lowest BCUT2D eigenvalue weighted by Gasteiger charge is -2.30. The second-order valence-corrected chi connectivity index (χ2v) is 8.97. The van der Waals surface area contributed by atoms with E-state index in [0.29, 0.717) is 33.2 Å². The van der Waals surface area contributed by atoms with Crippen LogP contribution in [0.1, 0.15) is 40.0 Å². The standard InChI is InChI=1S/C28H24N4O4S/c1-17-6-9-21(10-7-17)26-25(18(2)29-28(37)31-26)27(34)30-22-13-11-20(12-14-22)24(33)15-8-19-4-3-5-23(16-19)32(35)36/h3-16,26H,1-2H3,(H,30,34)(H2,29,31,37)/b15-8+. The third-order valence-corrected chi connectivity index (χ3v) is 6.08. The molecule has 0 saturated heterocycles. The van der Waals surface area contributed by atoms with Crippen LogP contribution in [0.3, 0.4) is 0 Å². The summed E-state index contributed by atoms with van der Waals surface area (Å²) in [7, 11) is 0. The Morgan fingerprint density at radius 3 is 2.41 bits per heavy atom. The third-order valence-electron chi connectivity index (χ3n) is 5.86. The first-order valence-electron chi connectivity index (χ1n) is 11.4. The van der Waals surface area contributed by atoms with Crippen molar-refractivity contribution in [3.05, 3.63) is 123 Å². The fourth-order valence-corrected chi connectivity index (χ4v) is 4.20. The molecular formula is C28H24N4O4S. The molecule has 1 amide bonds. The summed E-state index contributed by atoms with van der Waals surface area (Å²) in [5.41, 5.74) is 4.64. The number of nitro groups is 1. The smallest absolute Gasteiger partial charge is 0.270 e. The summed E-state index contributed by atoms with van der Waals surface area (Å²) in [6, 6.07) is 20.0. The number of benzene rings is 3. The Balaban J connectivity index is 1.47. The van der Waals surface area contributed by atoms with Crippen molar-refractivity contribution in [2.24, 2.45) is 0 Å². The Morgan fingerprint density at radius 2 is 1.73 bits per heavy atom. The van der Waals surface area contributed by atoms with Crippen LogP contribution in [0.25, 0.3) is 6.08 Å². The molecular weight excluding hydrogens is 488 g/mol. The van der Waals surface area contributed by atoms with Gasteiger partial charge in [-0.25, -0.2) is 0 Å². The van der Waals surface area contributed by atoms with Gasteiger partial charge in [0.15, 0.2) is 10.9 Å². The summed E-state index contributed by atoms with van der Waals surface area (Å²) in [5.74, 6) is -0.563. The quantitative estimate of drug-likeness (QED) is 0.131. The number of thiocarbonyl (C=S) groups is 1. The summed E-state index contributed by atoms with van der Waals surface area (Å²) in [5, 5.41) is 20.5. The number of amides is 1. The molecule has 0 aromatic heterocycles. The number of ketones is 1. The molecule has 4 rings (SSSR count). The van der Waals surface area contributed by atoms with Gasteiger partial charge in [-0.1, -0.05) is 48.0 Å². The van der Waals surface area contributed by atoms with Crippen LogP contribution in [0.15, 0.2) is 90.1 Å². The highest BCUT2D eigenvalue weighted by atomic mass is 32.1. The lowest BCUT2D eigenvalue weighted by molar-refractivity contribution is -0.384. The second-order valence-electron chi connectivity index (χ2n) is 8.56. The van der Waals surface area contributed by atoms with Crippen molar-refractivity contribution in [3.8, 4) is 0 Å². The van der Waals surface area contributed by atoms with Gasteiger partial charge in [0, 0.05) is 29.1 Å². The molecule has 3 N–H and O–H groups in total. The largest absolute Gasteiger partial charge is 0.351 e. The zero-order valence-electron chi connectivity index (χ0n) is 20.1. The number of nitrogens with one attached hydrogen (secondary N) is 3. The van der Waals surface area contributed by atoms with Gasteiger partial charge < -0.3 is 16.0 Å². The van der Waals surface area contributed by atoms with Gasteiger partial charge in [-0.05, 0) is 67.5 Å². The van der Waals surface area contributed by atoms with E-state index >= 15 is 0 Å². The lowest BCUT2D eigenvalue weighted by Crippen LogP contribution is -2.45. The molecule has 0 bridgehead atoms. The Kier molecular flexibility index (Phi) is 7.55. The van der Waals surface area contributed by atoms with Gasteiger partial charge in [-0.3, -0.25) is 19.7 Å². The highest BCUT2D eigenvalue weighted by molar-refractivity contribution is 7.80. The number of aryl methyl sites for hydroxylation is 1. The topological polar surface area (TPSA) is 113 Å². The van der Waals surface area contributed by atoms with Crippen LogP contribution in [-0.4, -0.2) is 21.7 Å². The summed E-state index contributed by atoms with van der Waals surface area (Å²) >= 11 is 5.31. The maximum absolute atomic E-state index is 13.3. The Hall–Kier alpha value is -4.63. The van der Waals surface area contributed by atoms with Crippen molar-refractivity contribution >= 4 is 46.5 Å². The first-order valence-corrected chi connectivity index (χ1v) is 11.9. The van der Waals surface area contributed by atoms with Gasteiger partial charge in [-0.15, -0.1) is 0 Å². The van der Waals surface area contributed by atoms with E-state index in [2.05, 4.69) is 16.0 Å². The predicted molar refractivity (Wildman–Crippen MR) is 147 cm³/mol. The number of allylic oxidation sites excluding steroid dienone is 2. The summed E-state index contributed by atoms with van der Waals surface area (Å²) < 4.78 is 0. The van der Waals surface area contributed by atoms with E-state index in [-0.39, 0.29) is 17.4 Å². The minimum absolute atomic E-state index is 0.0464. The predicted octanol–water partition coefficient (Wildman–Crippen LogP) is 5.23. The van der Waals surface area contributed by atoms with E-state index in [1.54, 1.807) is 43.3 Å². The molecule has 3 aromatic carbocycles. The number of rotatable bonds is 7. The second kappa shape index (κ2) is 11.0. The van der Waals surface area contributed by atoms with Crippen molar-refractivity contribution in [2.45, 2.75) is 19.9 Å². The van der Waals surface area contributed by atoms with Gasteiger partial charge in [0.05, 0.1) is 16.5 Å². The van der Waals surface area contributed by atoms with Gasteiger partial charge in [0.1, 0.15) is 0 Å². The molecule has 1 aliphatic rings.